The Bertz CT molecular complexity index is 273. The number of aliphatic imine (C=N–C) groups is 1. The lowest BCUT2D eigenvalue weighted by molar-refractivity contribution is 0.171. The van der Waals surface area contributed by atoms with Gasteiger partial charge in [-0.1, -0.05) is 33.1 Å². The van der Waals surface area contributed by atoms with Crippen LogP contribution in [-0.4, -0.2) is 44.1 Å². The molecule has 1 aliphatic carbocycles. The normalized spacial score (nSPS) is 19.0. The van der Waals surface area contributed by atoms with E-state index in [-0.39, 0.29) is 24.0 Å². The van der Waals surface area contributed by atoms with Crippen molar-refractivity contribution in [3.8, 4) is 0 Å². The van der Waals surface area contributed by atoms with E-state index in [1.54, 1.807) is 0 Å². The summed E-state index contributed by atoms with van der Waals surface area (Å²) in [5, 5.41) is 3.30. The highest BCUT2D eigenvalue weighted by Crippen LogP contribution is 2.27. The maximum atomic E-state index is 5.92. The molecule has 1 unspecified atom stereocenters. The quantitative estimate of drug-likeness (QED) is 0.412. The third kappa shape index (κ3) is 7.67. The van der Waals surface area contributed by atoms with Crippen molar-refractivity contribution < 1.29 is 0 Å². The molecule has 4 nitrogen and oxygen atoms in total. The lowest BCUT2D eigenvalue weighted by atomic mass is 9.83. The standard InChI is InChI=1S/C15H32N4.HI/c1-12(2)10-17-15(16)18-11-14(19(3)4)13-8-6-5-7-9-13;/h12-14H,5-11H2,1-4H3,(H3,16,17,18);1H. The lowest BCUT2D eigenvalue weighted by Gasteiger charge is -2.35. The van der Waals surface area contributed by atoms with Crippen molar-refractivity contribution in [1.29, 1.82) is 0 Å². The minimum Gasteiger partial charge on any atom is -0.370 e. The van der Waals surface area contributed by atoms with Crippen LogP contribution in [0.15, 0.2) is 4.99 Å². The summed E-state index contributed by atoms with van der Waals surface area (Å²) in [6, 6.07) is 0.563. The topological polar surface area (TPSA) is 53.6 Å². The second-order valence-electron chi connectivity index (χ2n) is 6.43. The second kappa shape index (κ2) is 10.7. The fraction of sp³-hybridized carbons (Fsp3) is 0.933. The van der Waals surface area contributed by atoms with Gasteiger partial charge >= 0.3 is 0 Å². The van der Waals surface area contributed by atoms with Crippen LogP contribution in [0.1, 0.15) is 46.0 Å². The first-order valence-corrected chi connectivity index (χ1v) is 7.71. The van der Waals surface area contributed by atoms with Crippen LogP contribution in [0.3, 0.4) is 0 Å². The average molecular weight is 396 g/mol. The second-order valence-corrected chi connectivity index (χ2v) is 6.43. The number of rotatable bonds is 6. The van der Waals surface area contributed by atoms with E-state index in [4.69, 9.17) is 5.73 Å². The van der Waals surface area contributed by atoms with Crippen LogP contribution in [0.5, 0.6) is 0 Å². The van der Waals surface area contributed by atoms with Crippen LogP contribution in [0.2, 0.25) is 0 Å². The number of guanidine groups is 1. The molecule has 1 saturated carbocycles. The molecule has 0 amide bonds. The first-order valence-electron chi connectivity index (χ1n) is 7.71. The zero-order chi connectivity index (χ0) is 14.3. The molecule has 20 heavy (non-hydrogen) atoms. The third-order valence-corrected chi connectivity index (χ3v) is 3.98. The number of hydrogen-bond donors (Lipinski definition) is 2. The highest BCUT2D eigenvalue weighted by molar-refractivity contribution is 14.0. The Labute approximate surface area is 142 Å². The summed E-state index contributed by atoms with van der Waals surface area (Å²) in [7, 11) is 4.34. The molecule has 0 heterocycles. The molecule has 0 bridgehead atoms. The van der Waals surface area contributed by atoms with Gasteiger partial charge in [-0.15, -0.1) is 24.0 Å². The van der Waals surface area contributed by atoms with Crippen LogP contribution < -0.4 is 11.1 Å². The maximum absolute atomic E-state index is 5.92. The predicted octanol–water partition coefficient (Wildman–Crippen LogP) is 2.68. The van der Waals surface area contributed by atoms with Gasteiger partial charge in [-0.25, -0.2) is 0 Å². The van der Waals surface area contributed by atoms with Gasteiger partial charge in [-0.2, -0.15) is 0 Å². The highest BCUT2D eigenvalue weighted by atomic mass is 127. The average Bonchev–Trinajstić information content (AvgIpc) is 2.37. The lowest BCUT2D eigenvalue weighted by Crippen LogP contribution is -2.47. The minimum absolute atomic E-state index is 0. The molecule has 0 aliphatic heterocycles. The summed E-state index contributed by atoms with van der Waals surface area (Å²) in [5.41, 5.74) is 5.92. The van der Waals surface area contributed by atoms with Crippen molar-refractivity contribution in [2.24, 2.45) is 22.6 Å². The van der Waals surface area contributed by atoms with Gasteiger partial charge in [-0.05, 0) is 38.8 Å². The fourth-order valence-corrected chi connectivity index (χ4v) is 2.84. The number of halogens is 1. The van der Waals surface area contributed by atoms with E-state index in [0.717, 1.165) is 19.0 Å². The van der Waals surface area contributed by atoms with E-state index in [2.05, 4.69) is 43.2 Å². The molecule has 0 spiro atoms. The fourth-order valence-electron chi connectivity index (χ4n) is 2.84. The molecule has 0 saturated heterocycles. The molecule has 1 aliphatic rings. The van der Waals surface area contributed by atoms with E-state index in [0.29, 0.717) is 17.9 Å². The molecule has 1 fully saturated rings. The number of nitrogens with one attached hydrogen (secondary N) is 1. The Morgan fingerprint density at radius 3 is 2.35 bits per heavy atom. The Balaban J connectivity index is 0.00000361. The molecular weight excluding hydrogens is 363 g/mol. The van der Waals surface area contributed by atoms with Gasteiger partial charge in [0.05, 0.1) is 0 Å². The maximum Gasteiger partial charge on any atom is 0.188 e. The van der Waals surface area contributed by atoms with Gasteiger partial charge in [-0.3, -0.25) is 4.99 Å². The molecule has 1 atom stereocenters. The number of likely N-dealkylation sites (N-methyl/N-ethyl adjacent to an activating group) is 1. The minimum atomic E-state index is 0. The van der Waals surface area contributed by atoms with E-state index in [1.165, 1.54) is 32.1 Å². The molecule has 0 aromatic rings. The molecule has 1 rings (SSSR count). The van der Waals surface area contributed by atoms with E-state index in [1.807, 2.05) is 0 Å². The van der Waals surface area contributed by atoms with Crippen molar-refractivity contribution in [2.45, 2.75) is 52.0 Å². The Hall–Kier alpha value is -0.0400. The van der Waals surface area contributed by atoms with Crippen molar-refractivity contribution in [3.05, 3.63) is 0 Å². The van der Waals surface area contributed by atoms with Gasteiger partial charge in [0.15, 0.2) is 5.96 Å². The van der Waals surface area contributed by atoms with Crippen LogP contribution in [0.4, 0.5) is 0 Å². The van der Waals surface area contributed by atoms with Crippen molar-refractivity contribution in [2.75, 3.05) is 27.2 Å². The van der Waals surface area contributed by atoms with Gasteiger partial charge in [0, 0.05) is 19.1 Å². The molecule has 3 N–H and O–H groups in total. The Kier molecular flexibility index (Phi) is 10.6. The first kappa shape index (κ1) is 20.0. The van der Waals surface area contributed by atoms with Crippen molar-refractivity contribution in [3.63, 3.8) is 0 Å². The van der Waals surface area contributed by atoms with E-state index >= 15 is 0 Å². The Morgan fingerprint density at radius 1 is 1.25 bits per heavy atom. The van der Waals surface area contributed by atoms with Crippen LogP contribution in [-0.2, 0) is 0 Å². The van der Waals surface area contributed by atoms with Crippen LogP contribution in [0, 0.1) is 11.8 Å². The van der Waals surface area contributed by atoms with Gasteiger partial charge < -0.3 is 16.0 Å². The van der Waals surface area contributed by atoms with Gasteiger partial charge in [0.2, 0.25) is 0 Å². The summed E-state index contributed by atoms with van der Waals surface area (Å²) < 4.78 is 0. The van der Waals surface area contributed by atoms with Crippen LogP contribution in [0.25, 0.3) is 0 Å². The molecule has 0 radical (unpaired) electrons. The molecule has 0 aromatic heterocycles. The molecular formula is C15H33IN4. The zero-order valence-electron chi connectivity index (χ0n) is 13.6. The van der Waals surface area contributed by atoms with Crippen LogP contribution >= 0.6 is 24.0 Å². The summed E-state index contributed by atoms with van der Waals surface area (Å²) in [6.45, 7) is 6.02. The first-order chi connectivity index (χ1) is 9.00. The van der Waals surface area contributed by atoms with Gasteiger partial charge in [0.1, 0.15) is 0 Å². The largest absolute Gasteiger partial charge is 0.370 e. The third-order valence-electron chi connectivity index (χ3n) is 3.98. The number of hydrogen-bond acceptors (Lipinski definition) is 2. The summed E-state index contributed by atoms with van der Waals surface area (Å²) in [4.78, 5) is 6.70. The molecule has 5 heteroatoms. The smallest absolute Gasteiger partial charge is 0.188 e. The summed E-state index contributed by atoms with van der Waals surface area (Å²) >= 11 is 0. The highest BCUT2D eigenvalue weighted by Gasteiger charge is 2.25. The summed E-state index contributed by atoms with van der Waals surface area (Å²) in [6.07, 6.45) is 6.88. The van der Waals surface area contributed by atoms with Crippen molar-refractivity contribution >= 4 is 29.9 Å². The van der Waals surface area contributed by atoms with Gasteiger partial charge in [0.25, 0.3) is 0 Å². The Morgan fingerprint density at radius 2 is 1.85 bits per heavy atom. The summed E-state index contributed by atoms with van der Waals surface area (Å²) in [5.74, 6) is 1.95. The number of nitrogens with two attached hydrogens (primary N) is 1. The van der Waals surface area contributed by atoms with Crippen molar-refractivity contribution in [1.82, 2.24) is 10.2 Å². The van der Waals surface area contributed by atoms with E-state index in [9.17, 15) is 0 Å². The van der Waals surface area contributed by atoms with E-state index < -0.39 is 0 Å². The number of nitrogens with zero attached hydrogens (tertiary/aromatic N) is 2. The molecule has 120 valence electrons. The predicted molar refractivity (Wildman–Crippen MR) is 98.8 cm³/mol. The zero-order valence-corrected chi connectivity index (χ0v) is 15.9. The molecule has 0 aromatic carbocycles. The monoisotopic (exact) mass is 396 g/mol. The SMILES string of the molecule is CC(C)CN=C(N)NCC(C1CCCCC1)N(C)C.I.